The Kier molecular flexibility index (Phi) is 5.65. The van der Waals surface area contributed by atoms with Crippen molar-refractivity contribution in [2.24, 2.45) is 0 Å². The normalized spacial score (nSPS) is 12.5. The fourth-order valence-electron chi connectivity index (χ4n) is 0.800. The fourth-order valence-corrected chi connectivity index (χ4v) is 0.800. The molecule has 0 amide bonds. The third-order valence-electron chi connectivity index (χ3n) is 1.43. The maximum absolute atomic E-state index is 10.9. The molecule has 64 valence electrons. The van der Waals surface area contributed by atoms with Crippen molar-refractivity contribution in [1.29, 1.82) is 0 Å². The number of carbonyl (C=O) groups excluding carboxylic acids is 2. The average Bonchev–Trinajstić information content (AvgIpc) is 2.00. The van der Waals surface area contributed by atoms with Gasteiger partial charge in [0.15, 0.2) is 5.78 Å². The van der Waals surface area contributed by atoms with Gasteiger partial charge in [-0.05, 0) is 12.8 Å². The van der Waals surface area contributed by atoms with Gasteiger partial charge in [-0.25, -0.2) is 0 Å². The zero-order chi connectivity index (χ0) is 8.69. The molecule has 0 aliphatic heterocycles. The van der Waals surface area contributed by atoms with Gasteiger partial charge in [0.05, 0.1) is 0 Å². The van der Waals surface area contributed by atoms with E-state index in [1.54, 1.807) is 0 Å². The van der Waals surface area contributed by atoms with Gasteiger partial charge in [-0.15, -0.1) is 0 Å². The number of rotatable bonds is 6. The number of aldehydes is 1. The third kappa shape index (κ3) is 4.67. The van der Waals surface area contributed by atoms with Crippen LogP contribution in [0.4, 0.5) is 0 Å². The quantitative estimate of drug-likeness (QED) is 0.579. The highest BCUT2D eigenvalue weighted by Crippen LogP contribution is 2.01. The monoisotopic (exact) mass is 158 g/mol. The van der Waals surface area contributed by atoms with Gasteiger partial charge in [0.25, 0.3) is 0 Å². The Morgan fingerprint density at radius 1 is 1.64 bits per heavy atom. The van der Waals surface area contributed by atoms with Crippen molar-refractivity contribution in [3.05, 3.63) is 0 Å². The summed E-state index contributed by atoms with van der Waals surface area (Å²) < 4.78 is 0. The van der Waals surface area contributed by atoms with Crippen LogP contribution < -0.4 is 0 Å². The van der Waals surface area contributed by atoms with E-state index in [-0.39, 0.29) is 18.6 Å². The van der Waals surface area contributed by atoms with Crippen LogP contribution >= 0.6 is 0 Å². The second kappa shape index (κ2) is 6.04. The van der Waals surface area contributed by atoms with E-state index in [2.05, 4.69) is 0 Å². The summed E-state index contributed by atoms with van der Waals surface area (Å²) in [6.45, 7) is 1.88. The highest BCUT2D eigenvalue weighted by Gasteiger charge is 2.12. The summed E-state index contributed by atoms with van der Waals surface area (Å²) in [5, 5.41) is 9.07. The molecule has 0 bridgehead atoms. The lowest BCUT2D eigenvalue weighted by Gasteiger charge is -2.05. The van der Waals surface area contributed by atoms with Gasteiger partial charge in [0.2, 0.25) is 0 Å². The first-order chi connectivity index (χ1) is 5.22. The Bertz CT molecular complexity index is 131. The molecule has 0 aliphatic rings. The molecule has 0 spiro atoms. The molecule has 0 aromatic heterocycles. The number of Topliss-reactive ketones (excluding diaryl/α,β-unsaturated/α-hetero) is 1. The molecular formula is C8H14O3. The van der Waals surface area contributed by atoms with Crippen LogP contribution in [0, 0.1) is 0 Å². The maximum atomic E-state index is 10.9. The molecule has 0 heterocycles. The van der Waals surface area contributed by atoms with E-state index in [0.717, 1.165) is 6.42 Å². The van der Waals surface area contributed by atoms with Crippen LogP contribution in [0.15, 0.2) is 0 Å². The van der Waals surface area contributed by atoms with Crippen molar-refractivity contribution < 1.29 is 14.7 Å². The molecule has 0 saturated carbocycles. The van der Waals surface area contributed by atoms with E-state index in [1.807, 2.05) is 6.92 Å². The molecule has 11 heavy (non-hydrogen) atoms. The second-order valence-corrected chi connectivity index (χ2v) is 2.48. The summed E-state index contributed by atoms with van der Waals surface area (Å²) in [5.41, 5.74) is 0. The highest BCUT2D eigenvalue weighted by molar-refractivity contribution is 5.82. The summed E-state index contributed by atoms with van der Waals surface area (Å²) in [6, 6.07) is 0. The molecule has 3 nitrogen and oxygen atoms in total. The summed E-state index contributed by atoms with van der Waals surface area (Å²) in [7, 11) is 0. The van der Waals surface area contributed by atoms with E-state index in [1.165, 1.54) is 0 Å². The van der Waals surface area contributed by atoms with Crippen molar-refractivity contribution in [2.45, 2.75) is 38.7 Å². The van der Waals surface area contributed by atoms with Crippen LogP contribution in [0.3, 0.4) is 0 Å². The SMILES string of the molecule is CCCC(=O)C(O)CCC=O. The molecule has 0 fully saturated rings. The predicted molar refractivity (Wildman–Crippen MR) is 41.2 cm³/mol. The van der Waals surface area contributed by atoms with Gasteiger partial charge in [-0.2, -0.15) is 0 Å². The third-order valence-corrected chi connectivity index (χ3v) is 1.43. The van der Waals surface area contributed by atoms with Crippen LogP contribution in [0.5, 0.6) is 0 Å². The number of aliphatic hydroxyl groups is 1. The van der Waals surface area contributed by atoms with Crippen LogP contribution in [0.2, 0.25) is 0 Å². The summed E-state index contributed by atoms with van der Waals surface area (Å²) in [6.07, 6.45) is 1.46. The molecule has 0 saturated heterocycles. The Morgan fingerprint density at radius 2 is 2.27 bits per heavy atom. The van der Waals surface area contributed by atoms with Crippen LogP contribution in [0.25, 0.3) is 0 Å². The number of carbonyl (C=O) groups is 2. The van der Waals surface area contributed by atoms with Gasteiger partial charge in [0.1, 0.15) is 12.4 Å². The Hall–Kier alpha value is -0.700. The zero-order valence-electron chi connectivity index (χ0n) is 6.75. The van der Waals surface area contributed by atoms with E-state index in [9.17, 15) is 9.59 Å². The molecule has 3 heteroatoms. The molecule has 0 aromatic rings. The summed E-state index contributed by atoms with van der Waals surface area (Å²) in [4.78, 5) is 20.8. The molecule has 0 aromatic carbocycles. The summed E-state index contributed by atoms with van der Waals surface area (Å²) in [5.74, 6) is -0.158. The lowest BCUT2D eigenvalue weighted by molar-refractivity contribution is -0.127. The first-order valence-corrected chi connectivity index (χ1v) is 3.86. The smallest absolute Gasteiger partial charge is 0.161 e. The largest absolute Gasteiger partial charge is 0.385 e. The van der Waals surface area contributed by atoms with Gasteiger partial charge in [0, 0.05) is 12.8 Å². The lowest BCUT2D eigenvalue weighted by Crippen LogP contribution is -2.19. The molecule has 0 rings (SSSR count). The fraction of sp³-hybridized carbons (Fsp3) is 0.750. The molecule has 0 aliphatic carbocycles. The number of aliphatic hydroxyl groups excluding tert-OH is 1. The Labute approximate surface area is 66.4 Å². The van der Waals surface area contributed by atoms with Crippen molar-refractivity contribution >= 4 is 12.1 Å². The topological polar surface area (TPSA) is 54.4 Å². The van der Waals surface area contributed by atoms with Crippen molar-refractivity contribution in [3.63, 3.8) is 0 Å². The first kappa shape index (κ1) is 10.3. The predicted octanol–water partition coefficient (Wildman–Crippen LogP) is 0.696. The van der Waals surface area contributed by atoms with E-state index in [0.29, 0.717) is 12.7 Å². The molecule has 1 atom stereocenters. The van der Waals surface area contributed by atoms with Crippen LogP contribution in [-0.2, 0) is 9.59 Å². The van der Waals surface area contributed by atoms with Gasteiger partial charge in [-0.1, -0.05) is 6.92 Å². The van der Waals surface area contributed by atoms with Gasteiger partial charge in [-0.3, -0.25) is 4.79 Å². The lowest BCUT2D eigenvalue weighted by atomic mass is 10.1. The van der Waals surface area contributed by atoms with Crippen molar-refractivity contribution in [3.8, 4) is 0 Å². The average molecular weight is 158 g/mol. The van der Waals surface area contributed by atoms with Gasteiger partial charge < -0.3 is 9.90 Å². The number of ketones is 1. The highest BCUT2D eigenvalue weighted by atomic mass is 16.3. The van der Waals surface area contributed by atoms with E-state index < -0.39 is 6.10 Å². The van der Waals surface area contributed by atoms with Crippen molar-refractivity contribution in [1.82, 2.24) is 0 Å². The molecular weight excluding hydrogens is 144 g/mol. The number of hydrogen-bond acceptors (Lipinski definition) is 3. The second-order valence-electron chi connectivity index (χ2n) is 2.48. The summed E-state index contributed by atoms with van der Waals surface area (Å²) >= 11 is 0. The van der Waals surface area contributed by atoms with Gasteiger partial charge >= 0.3 is 0 Å². The zero-order valence-corrected chi connectivity index (χ0v) is 6.75. The molecule has 1 unspecified atom stereocenters. The van der Waals surface area contributed by atoms with Crippen LogP contribution in [-0.4, -0.2) is 23.3 Å². The number of hydrogen-bond donors (Lipinski definition) is 1. The standard InChI is InChI=1S/C8H14O3/c1-2-4-7(10)8(11)5-3-6-9/h6,8,11H,2-5H2,1H3. The first-order valence-electron chi connectivity index (χ1n) is 3.86. The van der Waals surface area contributed by atoms with Crippen LogP contribution in [0.1, 0.15) is 32.6 Å². The molecule has 1 N–H and O–H groups in total. The minimum Gasteiger partial charge on any atom is -0.385 e. The maximum Gasteiger partial charge on any atom is 0.161 e. The van der Waals surface area contributed by atoms with E-state index >= 15 is 0 Å². The van der Waals surface area contributed by atoms with Crippen molar-refractivity contribution in [2.75, 3.05) is 0 Å². The Morgan fingerprint density at radius 3 is 2.73 bits per heavy atom. The van der Waals surface area contributed by atoms with E-state index in [4.69, 9.17) is 5.11 Å². The minimum absolute atomic E-state index is 0.158. The minimum atomic E-state index is -0.930. The Balaban J connectivity index is 3.54. The molecule has 0 radical (unpaired) electrons.